The number of amides is 1. The van der Waals surface area contributed by atoms with Gasteiger partial charge in [-0.05, 0) is 19.1 Å². The first-order valence-electron chi connectivity index (χ1n) is 8.43. The number of ether oxygens (including phenoxy) is 3. The molecule has 0 unspecified atom stereocenters. The van der Waals surface area contributed by atoms with Crippen molar-refractivity contribution < 1.29 is 19.0 Å². The van der Waals surface area contributed by atoms with Crippen molar-refractivity contribution in [2.24, 2.45) is 4.99 Å². The summed E-state index contributed by atoms with van der Waals surface area (Å²) in [6.45, 7) is 3.72. The lowest BCUT2D eigenvalue weighted by molar-refractivity contribution is -0.120. The van der Waals surface area contributed by atoms with Gasteiger partial charge in [0, 0.05) is 18.7 Å². The highest BCUT2D eigenvalue weighted by Gasteiger charge is 2.16. The number of hydrogen-bond acceptors (Lipinski definition) is 5. The third-order valence-electron chi connectivity index (χ3n) is 3.99. The van der Waals surface area contributed by atoms with E-state index in [1.165, 1.54) is 11.3 Å². The van der Waals surface area contributed by atoms with E-state index in [4.69, 9.17) is 14.2 Å². The zero-order chi connectivity index (χ0) is 17.9. The molecule has 0 radical (unpaired) electrons. The molecule has 0 fully saturated rings. The van der Waals surface area contributed by atoms with E-state index in [0.717, 1.165) is 21.7 Å². The van der Waals surface area contributed by atoms with Crippen LogP contribution in [0.3, 0.4) is 0 Å². The number of para-hydroxylation sites is 1. The fourth-order valence-electron chi connectivity index (χ4n) is 2.80. The third kappa shape index (κ3) is 3.30. The molecular formula is C19H18N2O4S. The van der Waals surface area contributed by atoms with Gasteiger partial charge in [0.2, 0.25) is 0 Å². The minimum Gasteiger partial charge on any atom is -0.486 e. The zero-order valence-corrected chi connectivity index (χ0v) is 15.1. The number of aromatic nitrogens is 1. The predicted molar refractivity (Wildman–Crippen MR) is 99.0 cm³/mol. The smallest absolute Gasteiger partial charge is 0.286 e. The molecule has 2 heterocycles. The Balaban J connectivity index is 1.64. The zero-order valence-electron chi connectivity index (χ0n) is 14.3. The Hall–Kier alpha value is -2.80. The lowest BCUT2D eigenvalue weighted by Gasteiger charge is -2.18. The standard InChI is InChI=1S/C19H18N2O4S/c1-2-21-14-10-15-16(24-9-8-23-15)11-17(14)26-19(21)20-18(22)12-25-13-6-4-3-5-7-13/h3-7,10-11H,2,8-9,12H2,1H3. The van der Waals surface area contributed by atoms with E-state index in [-0.39, 0.29) is 12.5 Å². The predicted octanol–water partition coefficient (Wildman–Crippen LogP) is 3.00. The second kappa shape index (κ2) is 7.21. The van der Waals surface area contributed by atoms with Gasteiger partial charge < -0.3 is 18.8 Å². The van der Waals surface area contributed by atoms with Crippen molar-refractivity contribution in [3.05, 3.63) is 47.3 Å². The molecule has 4 rings (SSSR count). The van der Waals surface area contributed by atoms with E-state index in [1.54, 1.807) is 0 Å². The van der Waals surface area contributed by atoms with E-state index in [9.17, 15) is 4.79 Å². The molecule has 0 saturated carbocycles. The van der Waals surface area contributed by atoms with Crippen molar-refractivity contribution >= 4 is 27.5 Å². The quantitative estimate of drug-likeness (QED) is 0.708. The lowest BCUT2D eigenvalue weighted by atomic mass is 10.2. The highest BCUT2D eigenvalue weighted by atomic mass is 32.1. The number of carbonyl (C=O) groups excluding carboxylic acids is 1. The Morgan fingerprint density at radius 1 is 1.19 bits per heavy atom. The molecule has 1 aliphatic rings. The maximum atomic E-state index is 12.2. The average molecular weight is 370 g/mol. The first-order chi connectivity index (χ1) is 12.7. The van der Waals surface area contributed by atoms with Crippen LogP contribution in [0, 0.1) is 0 Å². The maximum absolute atomic E-state index is 12.2. The molecule has 3 aromatic rings. The van der Waals surface area contributed by atoms with Gasteiger partial charge in [-0.3, -0.25) is 4.79 Å². The molecule has 2 aromatic carbocycles. The number of benzene rings is 2. The summed E-state index contributed by atoms with van der Waals surface area (Å²) in [6, 6.07) is 13.1. The van der Waals surface area contributed by atoms with Gasteiger partial charge in [-0.15, -0.1) is 0 Å². The van der Waals surface area contributed by atoms with Crippen molar-refractivity contribution in [1.82, 2.24) is 4.57 Å². The number of aryl methyl sites for hydroxylation is 1. The fourth-order valence-corrected chi connectivity index (χ4v) is 3.92. The number of carbonyl (C=O) groups is 1. The second-order valence-electron chi connectivity index (χ2n) is 5.70. The van der Waals surface area contributed by atoms with Crippen molar-refractivity contribution in [3.63, 3.8) is 0 Å². The first-order valence-corrected chi connectivity index (χ1v) is 9.24. The van der Waals surface area contributed by atoms with Gasteiger partial charge in [0.05, 0.1) is 10.2 Å². The number of nitrogens with zero attached hydrogens (tertiary/aromatic N) is 2. The molecule has 26 heavy (non-hydrogen) atoms. The summed E-state index contributed by atoms with van der Waals surface area (Å²) in [6.07, 6.45) is 0. The van der Waals surface area contributed by atoms with Gasteiger partial charge in [0.1, 0.15) is 19.0 Å². The highest BCUT2D eigenvalue weighted by molar-refractivity contribution is 7.16. The lowest BCUT2D eigenvalue weighted by Crippen LogP contribution is -2.19. The summed E-state index contributed by atoms with van der Waals surface area (Å²) < 4.78 is 19.8. The SMILES string of the molecule is CCn1c(=NC(=O)COc2ccccc2)sc2cc3c(cc21)OCCO3. The van der Waals surface area contributed by atoms with E-state index < -0.39 is 0 Å². The van der Waals surface area contributed by atoms with Gasteiger partial charge in [-0.25, -0.2) is 0 Å². The molecule has 0 saturated heterocycles. The van der Waals surface area contributed by atoms with Crippen LogP contribution in [-0.2, 0) is 11.3 Å². The van der Waals surface area contributed by atoms with Crippen LogP contribution >= 0.6 is 11.3 Å². The topological polar surface area (TPSA) is 62.1 Å². The van der Waals surface area contributed by atoms with Crippen LogP contribution in [-0.4, -0.2) is 30.3 Å². The van der Waals surface area contributed by atoms with E-state index >= 15 is 0 Å². The van der Waals surface area contributed by atoms with Crippen LogP contribution in [0.2, 0.25) is 0 Å². The normalized spacial score (nSPS) is 13.8. The number of fused-ring (bicyclic) bond motifs is 2. The number of hydrogen-bond donors (Lipinski definition) is 0. The fraction of sp³-hybridized carbons (Fsp3) is 0.263. The highest BCUT2D eigenvalue weighted by Crippen LogP contribution is 2.35. The number of thiazole rings is 1. The largest absolute Gasteiger partial charge is 0.486 e. The third-order valence-corrected chi connectivity index (χ3v) is 5.03. The van der Waals surface area contributed by atoms with Crippen LogP contribution in [0.5, 0.6) is 17.2 Å². The van der Waals surface area contributed by atoms with Crippen molar-refractivity contribution in [3.8, 4) is 17.2 Å². The Morgan fingerprint density at radius 2 is 1.92 bits per heavy atom. The summed E-state index contributed by atoms with van der Waals surface area (Å²) in [5, 5.41) is 0. The Bertz CT molecular complexity index is 1010. The Morgan fingerprint density at radius 3 is 2.65 bits per heavy atom. The summed E-state index contributed by atoms with van der Waals surface area (Å²) in [7, 11) is 0. The minimum atomic E-state index is -0.320. The number of rotatable bonds is 4. The van der Waals surface area contributed by atoms with Gasteiger partial charge in [0.15, 0.2) is 22.9 Å². The molecular weight excluding hydrogens is 352 g/mol. The molecule has 0 atom stereocenters. The molecule has 0 spiro atoms. The minimum absolute atomic E-state index is 0.0926. The van der Waals surface area contributed by atoms with Gasteiger partial charge >= 0.3 is 0 Å². The van der Waals surface area contributed by atoms with Crippen LogP contribution in [0.1, 0.15) is 6.92 Å². The van der Waals surface area contributed by atoms with Gasteiger partial charge in [-0.2, -0.15) is 4.99 Å². The monoisotopic (exact) mass is 370 g/mol. The molecule has 0 aliphatic carbocycles. The molecule has 134 valence electrons. The molecule has 0 bridgehead atoms. The maximum Gasteiger partial charge on any atom is 0.286 e. The van der Waals surface area contributed by atoms with E-state index in [2.05, 4.69) is 4.99 Å². The molecule has 1 aliphatic heterocycles. The van der Waals surface area contributed by atoms with Gasteiger partial charge in [-0.1, -0.05) is 29.5 Å². The Kier molecular flexibility index (Phi) is 4.62. The van der Waals surface area contributed by atoms with E-state index in [1.807, 2.05) is 54.0 Å². The van der Waals surface area contributed by atoms with Crippen LogP contribution in [0.4, 0.5) is 0 Å². The molecule has 7 heteroatoms. The first kappa shape index (κ1) is 16.7. The van der Waals surface area contributed by atoms with Crippen LogP contribution < -0.4 is 19.0 Å². The molecule has 1 amide bonds. The summed E-state index contributed by atoms with van der Waals surface area (Å²) in [5.41, 5.74) is 0.984. The molecule has 0 N–H and O–H groups in total. The summed E-state index contributed by atoms with van der Waals surface area (Å²) in [4.78, 5) is 17.1. The Labute approximate surface area is 154 Å². The molecule has 1 aromatic heterocycles. The summed E-state index contributed by atoms with van der Waals surface area (Å²) in [5.74, 6) is 1.80. The van der Waals surface area contributed by atoms with Crippen LogP contribution in [0.25, 0.3) is 10.2 Å². The van der Waals surface area contributed by atoms with Gasteiger partial charge in [0.25, 0.3) is 5.91 Å². The average Bonchev–Trinajstić information content (AvgIpc) is 3.01. The van der Waals surface area contributed by atoms with Crippen molar-refractivity contribution in [2.45, 2.75) is 13.5 Å². The molecule has 6 nitrogen and oxygen atoms in total. The summed E-state index contributed by atoms with van der Waals surface area (Å²) >= 11 is 1.46. The second-order valence-corrected chi connectivity index (χ2v) is 6.71. The van der Waals surface area contributed by atoms with Crippen LogP contribution in [0.15, 0.2) is 47.5 Å². The van der Waals surface area contributed by atoms with Crippen molar-refractivity contribution in [1.29, 1.82) is 0 Å². The van der Waals surface area contributed by atoms with Crippen molar-refractivity contribution in [2.75, 3.05) is 19.8 Å². The van der Waals surface area contributed by atoms with E-state index in [0.29, 0.717) is 30.3 Å².